The van der Waals surface area contributed by atoms with Gasteiger partial charge in [-0.3, -0.25) is 4.79 Å². The van der Waals surface area contributed by atoms with E-state index in [1.165, 1.54) is 24.0 Å². The van der Waals surface area contributed by atoms with Crippen LogP contribution in [-0.4, -0.2) is 15.7 Å². The monoisotopic (exact) mass is 355 g/mol. The predicted molar refractivity (Wildman–Crippen MR) is 109 cm³/mol. The Bertz CT molecular complexity index is 753. The van der Waals surface area contributed by atoms with Crippen molar-refractivity contribution in [3.8, 4) is 5.69 Å². The molecule has 1 amide bonds. The number of hydrogen-bond donors (Lipinski definition) is 1. The quantitative estimate of drug-likeness (QED) is 0.648. The highest BCUT2D eigenvalue weighted by Crippen LogP contribution is 2.28. The Morgan fingerprint density at radius 1 is 1.15 bits per heavy atom. The predicted octanol–water partition coefficient (Wildman–Crippen LogP) is 5.70. The van der Waals surface area contributed by atoms with Crippen LogP contribution < -0.4 is 5.32 Å². The average Bonchev–Trinajstić information content (AvgIpc) is 2.98. The molecule has 0 unspecified atom stereocenters. The van der Waals surface area contributed by atoms with Gasteiger partial charge in [0.15, 0.2) is 0 Å². The number of aryl methyl sites for hydroxylation is 1. The molecule has 142 valence electrons. The van der Waals surface area contributed by atoms with Gasteiger partial charge < -0.3 is 5.32 Å². The second kappa shape index (κ2) is 8.52. The van der Waals surface area contributed by atoms with Gasteiger partial charge in [-0.1, -0.05) is 59.1 Å². The zero-order valence-electron chi connectivity index (χ0n) is 17.1. The highest BCUT2D eigenvalue weighted by molar-refractivity contribution is 5.90. The summed E-state index contributed by atoms with van der Waals surface area (Å²) in [5.41, 5.74) is 4.30. The summed E-state index contributed by atoms with van der Waals surface area (Å²) in [6.07, 6.45) is 4.96. The van der Waals surface area contributed by atoms with E-state index >= 15 is 0 Å². The Kier molecular flexibility index (Phi) is 6.63. The molecule has 0 aliphatic heterocycles. The van der Waals surface area contributed by atoms with Crippen molar-refractivity contribution in [2.45, 2.75) is 79.1 Å². The molecular weight excluding hydrogens is 322 g/mol. The summed E-state index contributed by atoms with van der Waals surface area (Å²) < 4.78 is 1.88. The Hall–Kier alpha value is -2.10. The van der Waals surface area contributed by atoms with E-state index in [1.54, 1.807) is 0 Å². The van der Waals surface area contributed by atoms with E-state index in [4.69, 9.17) is 5.10 Å². The molecule has 26 heavy (non-hydrogen) atoms. The maximum Gasteiger partial charge on any atom is 0.225 e. The number of aromatic nitrogens is 2. The van der Waals surface area contributed by atoms with Crippen molar-refractivity contribution in [2.75, 3.05) is 5.32 Å². The number of hydrogen-bond acceptors (Lipinski definition) is 2. The lowest BCUT2D eigenvalue weighted by molar-refractivity contribution is -0.116. The zero-order chi connectivity index (χ0) is 19.3. The number of carbonyl (C=O) groups is 1. The Balaban J connectivity index is 2.31. The van der Waals surface area contributed by atoms with Crippen molar-refractivity contribution in [1.82, 2.24) is 9.78 Å². The van der Waals surface area contributed by atoms with Gasteiger partial charge in [0.1, 0.15) is 5.82 Å². The zero-order valence-corrected chi connectivity index (χ0v) is 17.1. The van der Waals surface area contributed by atoms with Crippen LogP contribution in [0.4, 0.5) is 5.82 Å². The smallest absolute Gasteiger partial charge is 0.225 e. The Morgan fingerprint density at radius 2 is 1.88 bits per heavy atom. The summed E-state index contributed by atoms with van der Waals surface area (Å²) in [5.74, 6) is 0.817. The van der Waals surface area contributed by atoms with E-state index in [-0.39, 0.29) is 11.3 Å². The molecule has 0 aliphatic carbocycles. The normalized spacial score (nSPS) is 11.6. The molecular formula is C22H33N3O. The number of amides is 1. The lowest BCUT2D eigenvalue weighted by Gasteiger charge is -2.15. The molecule has 0 spiro atoms. The van der Waals surface area contributed by atoms with E-state index in [0.29, 0.717) is 6.42 Å². The van der Waals surface area contributed by atoms with Gasteiger partial charge in [0, 0.05) is 17.9 Å². The summed E-state index contributed by atoms with van der Waals surface area (Å²) in [5, 5.41) is 7.91. The van der Waals surface area contributed by atoms with Gasteiger partial charge in [-0.25, -0.2) is 4.68 Å². The van der Waals surface area contributed by atoms with Gasteiger partial charge in [0.25, 0.3) is 0 Å². The molecule has 1 aromatic heterocycles. The first-order valence-electron chi connectivity index (χ1n) is 9.71. The van der Waals surface area contributed by atoms with E-state index < -0.39 is 0 Å². The molecule has 1 N–H and O–H groups in total. The number of unbranched alkanes of at least 4 members (excludes halogenated alkanes) is 3. The molecule has 4 nitrogen and oxygen atoms in total. The summed E-state index contributed by atoms with van der Waals surface area (Å²) in [6, 6.07) is 8.19. The van der Waals surface area contributed by atoms with Gasteiger partial charge in [-0.2, -0.15) is 5.10 Å². The number of nitrogens with one attached hydrogen (secondary N) is 1. The lowest BCUT2D eigenvalue weighted by Crippen LogP contribution is -2.15. The van der Waals surface area contributed by atoms with Crippen molar-refractivity contribution in [2.24, 2.45) is 0 Å². The molecule has 0 bridgehead atoms. The van der Waals surface area contributed by atoms with Crippen LogP contribution in [0.3, 0.4) is 0 Å². The third kappa shape index (κ3) is 4.96. The third-order valence-electron chi connectivity index (χ3n) is 4.81. The fraction of sp³-hybridized carbons (Fsp3) is 0.545. The van der Waals surface area contributed by atoms with Crippen LogP contribution in [0.25, 0.3) is 5.69 Å². The second-order valence-electron chi connectivity index (χ2n) is 8.15. The maximum atomic E-state index is 12.4. The first-order valence-corrected chi connectivity index (χ1v) is 9.71. The summed E-state index contributed by atoms with van der Waals surface area (Å²) in [4.78, 5) is 12.4. The standard InChI is InChI=1S/C22H33N3O/c1-7-8-9-10-14-21(26)23-20-15-19(22(4,5)6)24-25(20)18-13-11-12-16(2)17(18)3/h11-13,15H,7-10,14H2,1-6H3,(H,23,26). The maximum absolute atomic E-state index is 12.4. The fourth-order valence-electron chi connectivity index (χ4n) is 2.90. The lowest BCUT2D eigenvalue weighted by atomic mass is 9.92. The first-order chi connectivity index (χ1) is 12.2. The van der Waals surface area contributed by atoms with E-state index in [9.17, 15) is 4.79 Å². The van der Waals surface area contributed by atoms with Gasteiger partial charge in [0.05, 0.1) is 11.4 Å². The number of anilines is 1. The number of benzene rings is 1. The number of rotatable bonds is 7. The van der Waals surface area contributed by atoms with Crippen LogP contribution in [0, 0.1) is 13.8 Å². The van der Waals surface area contributed by atoms with Crippen molar-refractivity contribution in [1.29, 1.82) is 0 Å². The molecule has 4 heteroatoms. The van der Waals surface area contributed by atoms with E-state index in [2.05, 4.69) is 59.0 Å². The van der Waals surface area contributed by atoms with Gasteiger partial charge in [-0.05, 0) is 37.5 Å². The van der Waals surface area contributed by atoms with Crippen LogP contribution in [0.1, 0.15) is 76.6 Å². The highest BCUT2D eigenvalue weighted by Gasteiger charge is 2.22. The average molecular weight is 356 g/mol. The van der Waals surface area contributed by atoms with Crippen LogP contribution in [-0.2, 0) is 10.2 Å². The Morgan fingerprint density at radius 3 is 2.54 bits per heavy atom. The summed E-state index contributed by atoms with van der Waals surface area (Å²) >= 11 is 0. The molecule has 0 radical (unpaired) electrons. The first kappa shape index (κ1) is 20.2. The molecule has 0 saturated heterocycles. The third-order valence-corrected chi connectivity index (χ3v) is 4.81. The van der Waals surface area contributed by atoms with Crippen molar-refractivity contribution < 1.29 is 4.79 Å². The fourth-order valence-corrected chi connectivity index (χ4v) is 2.90. The summed E-state index contributed by atoms with van der Waals surface area (Å²) in [7, 11) is 0. The topological polar surface area (TPSA) is 46.9 Å². The van der Waals surface area contributed by atoms with Crippen LogP contribution >= 0.6 is 0 Å². The van der Waals surface area contributed by atoms with Crippen LogP contribution in [0.15, 0.2) is 24.3 Å². The van der Waals surface area contributed by atoms with E-state index in [1.807, 2.05) is 16.8 Å². The minimum atomic E-state index is -0.0798. The molecule has 2 aromatic rings. The minimum absolute atomic E-state index is 0.0630. The molecule has 0 saturated carbocycles. The van der Waals surface area contributed by atoms with Crippen molar-refractivity contribution >= 4 is 11.7 Å². The van der Waals surface area contributed by atoms with Crippen molar-refractivity contribution in [3.63, 3.8) is 0 Å². The molecule has 0 aliphatic rings. The van der Waals surface area contributed by atoms with Crippen molar-refractivity contribution in [3.05, 3.63) is 41.1 Å². The number of nitrogens with zero attached hydrogens (tertiary/aromatic N) is 2. The summed E-state index contributed by atoms with van der Waals surface area (Å²) in [6.45, 7) is 12.8. The van der Waals surface area contributed by atoms with Crippen LogP contribution in [0.5, 0.6) is 0 Å². The second-order valence-corrected chi connectivity index (χ2v) is 8.15. The van der Waals surface area contributed by atoms with Crippen LogP contribution in [0.2, 0.25) is 0 Å². The SMILES string of the molecule is CCCCCCC(=O)Nc1cc(C(C)(C)C)nn1-c1cccc(C)c1C. The van der Waals surface area contributed by atoms with E-state index in [0.717, 1.165) is 30.0 Å². The molecule has 0 atom stereocenters. The minimum Gasteiger partial charge on any atom is -0.311 e. The Labute approximate surface area is 158 Å². The molecule has 0 fully saturated rings. The highest BCUT2D eigenvalue weighted by atomic mass is 16.1. The van der Waals surface area contributed by atoms with Gasteiger partial charge in [-0.15, -0.1) is 0 Å². The van der Waals surface area contributed by atoms with Gasteiger partial charge in [0.2, 0.25) is 5.91 Å². The molecule has 1 heterocycles. The van der Waals surface area contributed by atoms with Gasteiger partial charge >= 0.3 is 0 Å². The molecule has 1 aromatic carbocycles. The number of carbonyl (C=O) groups excluding carboxylic acids is 1. The molecule has 2 rings (SSSR count). The largest absolute Gasteiger partial charge is 0.311 e.